The standard InChI is InChI=1S/C28H27Cl2N3O5S/c1-17-13-21(22(16-31)18-6-8-19(29)9-7-18)23(30)15-24(17)32-28(34)25-5-4-12-33(25)39(35,36)27-14-20(37-2)10-11-26(27)38-3/h6-11,13-15,22,25H,4-5,12H2,1-3H3,(H,32,34)/t22-,25-/m1/s1. The number of nitrogens with one attached hydrogen (secondary N) is 1. The molecule has 3 aromatic rings. The van der Waals surface area contributed by atoms with E-state index in [0.29, 0.717) is 45.5 Å². The van der Waals surface area contributed by atoms with Crippen LogP contribution in [0, 0.1) is 18.3 Å². The lowest BCUT2D eigenvalue weighted by Gasteiger charge is -2.25. The molecule has 204 valence electrons. The summed E-state index contributed by atoms with van der Waals surface area (Å²) >= 11 is 12.6. The summed E-state index contributed by atoms with van der Waals surface area (Å²) in [6.07, 6.45) is 0.877. The second-order valence-electron chi connectivity index (χ2n) is 9.08. The van der Waals surface area contributed by atoms with Gasteiger partial charge in [0.1, 0.15) is 22.4 Å². The van der Waals surface area contributed by atoms with E-state index in [-0.39, 0.29) is 17.2 Å². The van der Waals surface area contributed by atoms with E-state index in [4.69, 9.17) is 32.7 Å². The molecule has 0 bridgehead atoms. The van der Waals surface area contributed by atoms with Crippen molar-refractivity contribution in [2.24, 2.45) is 0 Å². The van der Waals surface area contributed by atoms with Crippen molar-refractivity contribution in [1.82, 2.24) is 4.31 Å². The third kappa shape index (κ3) is 5.85. The number of anilines is 1. The molecule has 0 radical (unpaired) electrons. The fourth-order valence-corrected chi connectivity index (χ4v) is 6.88. The van der Waals surface area contributed by atoms with Crippen molar-refractivity contribution in [1.29, 1.82) is 5.26 Å². The fourth-order valence-electron chi connectivity index (χ4n) is 4.66. The molecular weight excluding hydrogens is 561 g/mol. The van der Waals surface area contributed by atoms with E-state index in [1.54, 1.807) is 49.4 Å². The number of nitrogens with zero attached hydrogens (tertiary/aromatic N) is 2. The third-order valence-corrected chi connectivity index (χ3v) is 9.22. The molecule has 0 aliphatic carbocycles. The highest BCUT2D eigenvalue weighted by Crippen LogP contribution is 2.36. The molecule has 1 aliphatic heterocycles. The molecule has 0 unspecified atom stereocenters. The number of ether oxygens (including phenoxy) is 2. The Morgan fingerprint density at radius 3 is 2.46 bits per heavy atom. The molecule has 0 spiro atoms. The Hall–Kier alpha value is -3.29. The number of hydrogen-bond acceptors (Lipinski definition) is 6. The van der Waals surface area contributed by atoms with E-state index in [1.165, 1.54) is 30.7 Å². The molecule has 0 aromatic heterocycles. The monoisotopic (exact) mass is 587 g/mol. The maximum Gasteiger partial charge on any atom is 0.247 e. The van der Waals surface area contributed by atoms with Crippen LogP contribution in [0.5, 0.6) is 11.5 Å². The van der Waals surface area contributed by atoms with Crippen LogP contribution in [0.3, 0.4) is 0 Å². The second kappa shape index (κ2) is 11.8. The molecule has 39 heavy (non-hydrogen) atoms. The number of carbonyl (C=O) groups is 1. The smallest absolute Gasteiger partial charge is 0.247 e. The van der Waals surface area contributed by atoms with Gasteiger partial charge in [-0.1, -0.05) is 41.4 Å². The van der Waals surface area contributed by atoms with Gasteiger partial charge in [-0.15, -0.1) is 0 Å². The molecule has 11 heteroatoms. The Morgan fingerprint density at radius 2 is 1.82 bits per heavy atom. The average Bonchev–Trinajstić information content (AvgIpc) is 3.43. The average molecular weight is 589 g/mol. The minimum Gasteiger partial charge on any atom is -0.497 e. The normalized spacial score (nSPS) is 16.4. The molecule has 1 aliphatic rings. The number of rotatable bonds is 8. The predicted molar refractivity (Wildman–Crippen MR) is 150 cm³/mol. The quantitative estimate of drug-likeness (QED) is 0.358. The van der Waals surface area contributed by atoms with Crippen LogP contribution in [0.25, 0.3) is 0 Å². The van der Waals surface area contributed by atoms with Crippen molar-refractivity contribution in [2.45, 2.75) is 36.6 Å². The van der Waals surface area contributed by atoms with Gasteiger partial charge in [0.25, 0.3) is 0 Å². The lowest BCUT2D eigenvalue weighted by molar-refractivity contribution is -0.119. The Kier molecular flexibility index (Phi) is 8.72. The molecule has 0 saturated carbocycles. The largest absolute Gasteiger partial charge is 0.497 e. The molecule has 1 amide bonds. The number of methoxy groups -OCH3 is 2. The van der Waals surface area contributed by atoms with Crippen LogP contribution in [0.2, 0.25) is 10.0 Å². The summed E-state index contributed by atoms with van der Waals surface area (Å²) in [6.45, 7) is 1.97. The Balaban J connectivity index is 1.60. The Morgan fingerprint density at radius 1 is 1.10 bits per heavy atom. The van der Waals surface area contributed by atoms with E-state index >= 15 is 0 Å². The number of amides is 1. The van der Waals surface area contributed by atoms with Gasteiger partial charge in [-0.05, 0) is 66.8 Å². The summed E-state index contributed by atoms with van der Waals surface area (Å²) in [5.41, 5.74) is 2.44. The summed E-state index contributed by atoms with van der Waals surface area (Å²) < 4.78 is 38.9. The molecule has 3 aromatic carbocycles. The van der Waals surface area contributed by atoms with Gasteiger partial charge in [0.2, 0.25) is 15.9 Å². The molecule has 1 N–H and O–H groups in total. The van der Waals surface area contributed by atoms with Crippen LogP contribution in [0.15, 0.2) is 59.5 Å². The van der Waals surface area contributed by atoms with E-state index in [2.05, 4.69) is 11.4 Å². The molecule has 1 saturated heterocycles. The van der Waals surface area contributed by atoms with Gasteiger partial charge in [-0.3, -0.25) is 4.79 Å². The zero-order valence-corrected chi connectivity index (χ0v) is 23.9. The number of halogens is 2. The van der Waals surface area contributed by atoms with E-state index in [9.17, 15) is 18.5 Å². The summed E-state index contributed by atoms with van der Waals surface area (Å²) in [7, 11) is -1.25. The summed E-state index contributed by atoms with van der Waals surface area (Å²) in [4.78, 5) is 13.3. The lowest BCUT2D eigenvalue weighted by atomic mass is 9.91. The summed E-state index contributed by atoms with van der Waals surface area (Å²) in [6, 6.07) is 16.1. The maximum absolute atomic E-state index is 13.6. The van der Waals surface area contributed by atoms with Crippen LogP contribution < -0.4 is 14.8 Å². The SMILES string of the molecule is COc1ccc(OC)c(S(=O)(=O)N2CCC[C@@H]2C(=O)Nc2cc(Cl)c([C@H](C#N)c3ccc(Cl)cc3)cc2C)c1. The Labute approximate surface area is 238 Å². The lowest BCUT2D eigenvalue weighted by Crippen LogP contribution is -2.43. The van der Waals surface area contributed by atoms with E-state index < -0.39 is 27.9 Å². The van der Waals surface area contributed by atoms with Crippen molar-refractivity contribution in [3.63, 3.8) is 0 Å². The zero-order valence-electron chi connectivity index (χ0n) is 21.6. The maximum atomic E-state index is 13.6. The highest BCUT2D eigenvalue weighted by Gasteiger charge is 2.41. The number of nitriles is 1. The van der Waals surface area contributed by atoms with E-state index in [0.717, 1.165) is 5.56 Å². The fraction of sp³-hybridized carbons (Fsp3) is 0.286. The van der Waals surface area contributed by atoms with Gasteiger partial charge in [0.15, 0.2) is 0 Å². The first kappa shape index (κ1) is 28.7. The van der Waals surface area contributed by atoms with Gasteiger partial charge >= 0.3 is 0 Å². The van der Waals surface area contributed by atoms with Gasteiger partial charge in [-0.25, -0.2) is 8.42 Å². The van der Waals surface area contributed by atoms with Crippen LogP contribution >= 0.6 is 23.2 Å². The number of sulfonamides is 1. The van der Waals surface area contributed by atoms with Gasteiger partial charge < -0.3 is 14.8 Å². The molecule has 4 rings (SSSR count). The molecule has 1 heterocycles. The predicted octanol–water partition coefficient (Wildman–Crippen LogP) is 5.77. The van der Waals surface area contributed by atoms with Crippen LogP contribution in [0.4, 0.5) is 5.69 Å². The summed E-state index contributed by atoms with van der Waals surface area (Å²) in [5, 5.41) is 13.6. The zero-order chi connectivity index (χ0) is 28.3. The van der Waals surface area contributed by atoms with Crippen molar-refractivity contribution in [2.75, 3.05) is 26.1 Å². The molecule has 8 nitrogen and oxygen atoms in total. The highest BCUT2D eigenvalue weighted by atomic mass is 35.5. The highest BCUT2D eigenvalue weighted by molar-refractivity contribution is 7.89. The minimum absolute atomic E-state index is 0.0719. The Bertz CT molecular complexity index is 1540. The van der Waals surface area contributed by atoms with Crippen molar-refractivity contribution >= 4 is 44.8 Å². The first-order chi connectivity index (χ1) is 18.6. The topological polar surface area (TPSA) is 109 Å². The third-order valence-electron chi connectivity index (χ3n) is 6.71. The molecule has 2 atom stereocenters. The van der Waals surface area contributed by atoms with Crippen molar-refractivity contribution in [3.8, 4) is 17.6 Å². The van der Waals surface area contributed by atoms with E-state index in [1.807, 2.05) is 0 Å². The number of carbonyl (C=O) groups excluding carboxylic acids is 1. The number of aryl methyl sites for hydroxylation is 1. The van der Waals surface area contributed by atoms with Gasteiger partial charge in [0, 0.05) is 28.3 Å². The van der Waals surface area contributed by atoms with Crippen LogP contribution in [0.1, 0.15) is 35.4 Å². The van der Waals surface area contributed by atoms with Crippen LogP contribution in [-0.4, -0.2) is 45.4 Å². The second-order valence-corrected chi connectivity index (χ2v) is 11.8. The van der Waals surface area contributed by atoms with Crippen molar-refractivity contribution < 1.29 is 22.7 Å². The van der Waals surface area contributed by atoms with Gasteiger partial charge in [0.05, 0.1) is 26.2 Å². The van der Waals surface area contributed by atoms with Crippen LogP contribution in [-0.2, 0) is 14.8 Å². The summed E-state index contributed by atoms with van der Waals surface area (Å²) in [5.74, 6) is -0.590. The number of hydrogen-bond donors (Lipinski definition) is 1. The number of benzene rings is 3. The first-order valence-corrected chi connectivity index (χ1v) is 14.3. The molecular formula is C28H27Cl2N3O5S. The minimum atomic E-state index is -4.08. The molecule has 1 fully saturated rings. The van der Waals surface area contributed by atoms with Crippen molar-refractivity contribution in [3.05, 3.63) is 81.3 Å². The first-order valence-electron chi connectivity index (χ1n) is 12.1. The van der Waals surface area contributed by atoms with Gasteiger partial charge in [-0.2, -0.15) is 9.57 Å².